The number of piperazine rings is 1. The summed E-state index contributed by atoms with van der Waals surface area (Å²) >= 11 is 1.40. The zero-order valence-corrected chi connectivity index (χ0v) is 12.6. The predicted octanol–water partition coefficient (Wildman–Crippen LogP) is 3.49. The molecule has 2 nitrogen and oxygen atoms in total. The average molecular weight is 337 g/mol. The molecule has 1 saturated heterocycles. The summed E-state index contributed by atoms with van der Waals surface area (Å²) in [6.45, 7) is 2.89. The maximum atomic E-state index is 12.6. The molecule has 1 aliphatic rings. The Hall–Kier alpha value is -0.0100. The Bertz CT molecular complexity index is 340. The van der Waals surface area contributed by atoms with Gasteiger partial charge in [-0.2, -0.15) is 13.2 Å². The lowest BCUT2D eigenvalue weighted by atomic mass is 10.1. The van der Waals surface area contributed by atoms with Crippen molar-refractivity contribution >= 4 is 36.2 Å². The standard InChI is InChI=1S/C11H15F3N2S.2ClH/c12-11(13,14)8-9(10-2-1-7-17-10)16-5-3-15-4-6-16;;/h1-2,7,9,15H,3-6,8H2;2*1H/t9-;;/m0../s1. The molecule has 1 aromatic heterocycles. The van der Waals surface area contributed by atoms with E-state index in [2.05, 4.69) is 5.32 Å². The summed E-state index contributed by atoms with van der Waals surface area (Å²) in [7, 11) is 0. The van der Waals surface area contributed by atoms with Crippen molar-refractivity contribution in [3.8, 4) is 0 Å². The molecule has 0 radical (unpaired) electrons. The molecule has 19 heavy (non-hydrogen) atoms. The lowest BCUT2D eigenvalue weighted by molar-refractivity contribution is -0.148. The Morgan fingerprint density at radius 3 is 2.37 bits per heavy atom. The second-order valence-corrected chi connectivity index (χ2v) is 5.12. The number of nitrogens with zero attached hydrogens (tertiary/aromatic N) is 1. The SMILES string of the molecule is Cl.Cl.FC(F)(F)C[C@@H](c1cccs1)N1CCNCC1. The normalized spacial score (nSPS) is 18.3. The molecule has 2 heterocycles. The van der Waals surface area contributed by atoms with Gasteiger partial charge in [0.05, 0.1) is 12.5 Å². The summed E-state index contributed by atoms with van der Waals surface area (Å²) < 4.78 is 37.8. The summed E-state index contributed by atoms with van der Waals surface area (Å²) in [4.78, 5) is 2.74. The van der Waals surface area contributed by atoms with Crippen molar-refractivity contribution < 1.29 is 13.2 Å². The second-order valence-electron chi connectivity index (χ2n) is 4.14. The van der Waals surface area contributed by atoms with Gasteiger partial charge in [0.15, 0.2) is 0 Å². The van der Waals surface area contributed by atoms with E-state index in [-0.39, 0.29) is 24.8 Å². The number of rotatable bonds is 3. The third-order valence-corrected chi connectivity index (χ3v) is 3.86. The zero-order valence-electron chi connectivity index (χ0n) is 10.2. The fourth-order valence-corrected chi connectivity index (χ4v) is 2.96. The molecule has 0 aliphatic carbocycles. The third kappa shape index (κ3) is 5.87. The van der Waals surface area contributed by atoms with Crippen LogP contribution in [0.15, 0.2) is 17.5 Å². The van der Waals surface area contributed by atoms with Crippen molar-refractivity contribution in [2.45, 2.75) is 18.6 Å². The van der Waals surface area contributed by atoms with Crippen LogP contribution in [0.25, 0.3) is 0 Å². The van der Waals surface area contributed by atoms with Crippen LogP contribution in [0.5, 0.6) is 0 Å². The Morgan fingerprint density at radius 1 is 1.26 bits per heavy atom. The Balaban J connectivity index is 0.00000162. The van der Waals surface area contributed by atoms with Gasteiger partial charge in [0.1, 0.15) is 0 Å². The number of hydrogen-bond acceptors (Lipinski definition) is 3. The van der Waals surface area contributed by atoms with Gasteiger partial charge in [-0.25, -0.2) is 0 Å². The first kappa shape index (κ1) is 19.0. The van der Waals surface area contributed by atoms with Crippen molar-refractivity contribution in [3.05, 3.63) is 22.4 Å². The lowest BCUT2D eigenvalue weighted by Crippen LogP contribution is -2.45. The monoisotopic (exact) mass is 336 g/mol. The Labute approximate surface area is 127 Å². The number of halogens is 5. The molecule has 0 aromatic carbocycles. The Morgan fingerprint density at radius 2 is 1.89 bits per heavy atom. The van der Waals surface area contributed by atoms with Gasteiger partial charge in [0.2, 0.25) is 0 Å². The number of hydrogen-bond donors (Lipinski definition) is 1. The van der Waals surface area contributed by atoms with Gasteiger partial charge < -0.3 is 5.32 Å². The molecular weight excluding hydrogens is 320 g/mol. The molecule has 1 aliphatic heterocycles. The predicted molar refractivity (Wildman–Crippen MR) is 76.7 cm³/mol. The lowest BCUT2D eigenvalue weighted by Gasteiger charge is -2.34. The zero-order chi connectivity index (χ0) is 12.3. The topological polar surface area (TPSA) is 15.3 Å². The molecule has 1 atom stereocenters. The van der Waals surface area contributed by atoms with Crippen LogP contribution in [0.1, 0.15) is 17.3 Å². The van der Waals surface area contributed by atoms with Crippen molar-refractivity contribution in [2.75, 3.05) is 26.2 Å². The molecule has 0 spiro atoms. The van der Waals surface area contributed by atoms with E-state index in [9.17, 15) is 13.2 Å². The molecule has 0 bridgehead atoms. The van der Waals surface area contributed by atoms with Crippen molar-refractivity contribution in [3.63, 3.8) is 0 Å². The molecule has 1 N–H and O–H groups in total. The van der Waals surface area contributed by atoms with E-state index in [0.29, 0.717) is 13.1 Å². The summed E-state index contributed by atoms with van der Waals surface area (Å²) in [5, 5.41) is 4.99. The van der Waals surface area contributed by atoms with Crippen molar-refractivity contribution in [2.24, 2.45) is 0 Å². The van der Waals surface area contributed by atoms with Crippen LogP contribution in [0.4, 0.5) is 13.2 Å². The van der Waals surface area contributed by atoms with E-state index in [4.69, 9.17) is 0 Å². The molecular formula is C11H17Cl2F3N2S. The van der Waals surface area contributed by atoms with Gasteiger partial charge in [0.25, 0.3) is 0 Å². The van der Waals surface area contributed by atoms with Crippen LogP contribution in [0.2, 0.25) is 0 Å². The van der Waals surface area contributed by atoms with Crippen molar-refractivity contribution in [1.29, 1.82) is 0 Å². The van der Waals surface area contributed by atoms with Gasteiger partial charge in [-0.1, -0.05) is 6.07 Å². The summed E-state index contributed by atoms with van der Waals surface area (Å²) in [6, 6.07) is 3.09. The fraction of sp³-hybridized carbons (Fsp3) is 0.636. The minimum atomic E-state index is -4.11. The highest BCUT2D eigenvalue weighted by Crippen LogP contribution is 2.35. The molecule has 2 rings (SSSR count). The average Bonchev–Trinajstić information content (AvgIpc) is 2.79. The molecule has 112 valence electrons. The molecule has 1 fully saturated rings. The van der Waals surface area contributed by atoms with Crippen LogP contribution in [-0.4, -0.2) is 37.3 Å². The van der Waals surface area contributed by atoms with E-state index in [1.807, 2.05) is 16.3 Å². The van der Waals surface area contributed by atoms with E-state index in [1.54, 1.807) is 6.07 Å². The number of alkyl halides is 3. The molecule has 0 saturated carbocycles. The first-order valence-corrected chi connectivity index (χ1v) is 6.49. The van der Waals surface area contributed by atoms with Gasteiger partial charge in [-0.15, -0.1) is 36.2 Å². The minimum Gasteiger partial charge on any atom is -0.314 e. The molecule has 0 amide bonds. The van der Waals surface area contributed by atoms with Gasteiger partial charge in [-0.3, -0.25) is 4.90 Å². The fourth-order valence-electron chi connectivity index (χ4n) is 2.10. The molecule has 8 heteroatoms. The van der Waals surface area contributed by atoms with Crippen molar-refractivity contribution in [1.82, 2.24) is 10.2 Å². The van der Waals surface area contributed by atoms with Crippen LogP contribution >= 0.6 is 36.2 Å². The molecule has 0 unspecified atom stereocenters. The summed E-state index contributed by atoms with van der Waals surface area (Å²) in [6.07, 6.45) is -4.87. The number of nitrogens with one attached hydrogen (secondary N) is 1. The van der Waals surface area contributed by atoms with Crippen LogP contribution < -0.4 is 5.32 Å². The van der Waals surface area contributed by atoms with Crippen LogP contribution in [0.3, 0.4) is 0 Å². The minimum absolute atomic E-state index is 0. The highest BCUT2D eigenvalue weighted by atomic mass is 35.5. The highest BCUT2D eigenvalue weighted by molar-refractivity contribution is 7.10. The van der Waals surface area contributed by atoms with E-state index >= 15 is 0 Å². The van der Waals surface area contributed by atoms with Crippen LogP contribution in [-0.2, 0) is 0 Å². The van der Waals surface area contributed by atoms with Crippen LogP contribution in [0, 0.1) is 0 Å². The van der Waals surface area contributed by atoms with E-state index in [1.165, 1.54) is 11.3 Å². The third-order valence-electron chi connectivity index (χ3n) is 2.89. The maximum Gasteiger partial charge on any atom is 0.390 e. The van der Waals surface area contributed by atoms with E-state index < -0.39 is 18.6 Å². The quantitative estimate of drug-likeness (QED) is 0.908. The summed E-state index contributed by atoms with van der Waals surface area (Å²) in [5.41, 5.74) is 0. The van der Waals surface area contributed by atoms with Gasteiger partial charge >= 0.3 is 6.18 Å². The smallest absolute Gasteiger partial charge is 0.314 e. The Kier molecular flexibility index (Phi) is 8.31. The first-order chi connectivity index (χ1) is 8.06. The van der Waals surface area contributed by atoms with Gasteiger partial charge in [0, 0.05) is 31.1 Å². The van der Waals surface area contributed by atoms with Gasteiger partial charge in [-0.05, 0) is 11.4 Å². The number of thiophene rings is 1. The molecule has 1 aromatic rings. The largest absolute Gasteiger partial charge is 0.390 e. The first-order valence-electron chi connectivity index (χ1n) is 5.61. The summed E-state index contributed by atoms with van der Waals surface area (Å²) in [5.74, 6) is 0. The van der Waals surface area contributed by atoms with E-state index in [0.717, 1.165) is 18.0 Å². The maximum absolute atomic E-state index is 12.6. The second kappa shape index (κ2) is 8.32. The highest BCUT2D eigenvalue weighted by Gasteiger charge is 2.36.